The number of aryl methyl sites for hydroxylation is 2. The summed E-state index contributed by atoms with van der Waals surface area (Å²) in [7, 11) is 1.79. The number of H-pyrrole nitrogens is 1. The molecule has 2 N–H and O–H groups in total. The summed E-state index contributed by atoms with van der Waals surface area (Å²) in [5.41, 5.74) is 2.70. The number of hydrogen-bond donors (Lipinski definition) is 2. The molecule has 9 heteroatoms. The molecule has 1 saturated heterocycles. The predicted molar refractivity (Wildman–Crippen MR) is 126 cm³/mol. The van der Waals surface area contributed by atoms with Crippen molar-refractivity contribution < 1.29 is 9.13 Å². The summed E-state index contributed by atoms with van der Waals surface area (Å²) in [6.45, 7) is 6.89. The van der Waals surface area contributed by atoms with Gasteiger partial charge in [0.2, 0.25) is 0 Å². The molecule has 0 amide bonds. The Bertz CT molecular complexity index is 1380. The van der Waals surface area contributed by atoms with Gasteiger partial charge in [0.25, 0.3) is 0 Å². The SMILES string of the molecule is CNc1cc(F)c(C)c2c1[nH]c1nc(Oc3cnc(C)nc3)nc(N3CC4C[C@@H]3C[C@H]4C)c12. The van der Waals surface area contributed by atoms with Crippen LogP contribution in [0.4, 0.5) is 15.9 Å². The Kier molecular flexibility index (Phi) is 4.43. The molecule has 1 aliphatic heterocycles. The lowest BCUT2D eigenvalue weighted by Crippen LogP contribution is -2.35. The van der Waals surface area contributed by atoms with Gasteiger partial charge in [0.05, 0.1) is 29.0 Å². The molecule has 6 rings (SSSR count). The predicted octanol–water partition coefficient (Wildman–Crippen LogP) is 4.73. The molecule has 4 aromatic rings. The van der Waals surface area contributed by atoms with Gasteiger partial charge in [-0.15, -0.1) is 0 Å². The molecule has 1 aliphatic carbocycles. The first kappa shape index (κ1) is 20.1. The molecule has 2 aliphatic rings. The van der Waals surface area contributed by atoms with Crippen molar-refractivity contribution in [2.75, 3.05) is 23.8 Å². The zero-order chi connectivity index (χ0) is 22.9. The van der Waals surface area contributed by atoms with E-state index < -0.39 is 0 Å². The number of fused-ring (bicyclic) bond motifs is 5. The highest BCUT2D eigenvalue weighted by atomic mass is 19.1. The topological polar surface area (TPSA) is 91.8 Å². The van der Waals surface area contributed by atoms with Crippen LogP contribution in [0.25, 0.3) is 21.9 Å². The van der Waals surface area contributed by atoms with Gasteiger partial charge < -0.3 is 19.9 Å². The maximum Gasteiger partial charge on any atom is 0.326 e. The van der Waals surface area contributed by atoms with Gasteiger partial charge >= 0.3 is 6.01 Å². The number of hydrogen-bond acceptors (Lipinski definition) is 7. The Balaban J connectivity index is 1.58. The lowest BCUT2D eigenvalue weighted by atomic mass is 9.97. The average Bonchev–Trinajstić information content (AvgIpc) is 3.49. The van der Waals surface area contributed by atoms with E-state index >= 15 is 0 Å². The van der Waals surface area contributed by atoms with Gasteiger partial charge in [0, 0.05) is 25.0 Å². The van der Waals surface area contributed by atoms with Crippen LogP contribution in [-0.2, 0) is 0 Å². The summed E-state index contributed by atoms with van der Waals surface area (Å²) in [5.74, 6) is 3.02. The largest absolute Gasteiger partial charge is 0.421 e. The lowest BCUT2D eigenvalue weighted by Gasteiger charge is -2.31. The van der Waals surface area contributed by atoms with Crippen molar-refractivity contribution in [3.8, 4) is 11.8 Å². The number of aromatic nitrogens is 5. The first-order valence-electron chi connectivity index (χ1n) is 11.4. The van der Waals surface area contributed by atoms with E-state index in [1.54, 1.807) is 26.4 Å². The zero-order valence-electron chi connectivity index (χ0n) is 19.1. The van der Waals surface area contributed by atoms with E-state index in [-0.39, 0.29) is 11.8 Å². The summed E-state index contributed by atoms with van der Waals surface area (Å²) < 4.78 is 20.8. The maximum atomic E-state index is 14.9. The molecule has 8 nitrogen and oxygen atoms in total. The second-order valence-corrected chi connectivity index (χ2v) is 9.29. The number of halogens is 1. The number of ether oxygens (including phenoxy) is 1. The van der Waals surface area contributed by atoms with E-state index in [9.17, 15) is 4.39 Å². The van der Waals surface area contributed by atoms with Crippen LogP contribution < -0.4 is 15.0 Å². The Morgan fingerprint density at radius 2 is 1.94 bits per heavy atom. The van der Waals surface area contributed by atoms with Crippen LogP contribution in [-0.4, -0.2) is 44.6 Å². The number of aromatic amines is 1. The fourth-order valence-electron chi connectivity index (χ4n) is 5.52. The fraction of sp³-hybridized carbons (Fsp3) is 0.417. The number of benzene rings is 1. The van der Waals surface area contributed by atoms with E-state index in [4.69, 9.17) is 9.72 Å². The quantitative estimate of drug-likeness (QED) is 0.467. The Labute approximate surface area is 190 Å². The molecular weight excluding hydrogens is 421 g/mol. The van der Waals surface area contributed by atoms with Gasteiger partial charge in [-0.25, -0.2) is 14.4 Å². The summed E-state index contributed by atoms with van der Waals surface area (Å²) >= 11 is 0. The molecule has 33 heavy (non-hydrogen) atoms. The van der Waals surface area contributed by atoms with Crippen molar-refractivity contribution in [3.05, 3.63) is 35.7 Å². The number of anilines is 2. The molecular formula is C24H26FN7O. The van der Waals surface area contributed by atoms with Crippen molar-refractivity contribution in [2.24, 2.45) is 11.8 Å². The number of nitrogens with zero attached hydrogens (tertiary/aromatic N) is 5. The lowest BCUT2D eigenvalue weighted by molar-refractivity contribution is 0.402. The van der Waals surface area contributed by atoms with E-state index in [1.807, 2.05) is 6.92 Å². The Hall–Kier alpha value is -3.49. The molecule has 170 valence electrons. The van der Waals surface area contributed by atoms with Crippen LogP contribution in [0.3, 0.4) is 0 Å². The Morgan fingerprint density at radius 1 is 1.15 bits per heavy atom. The monoisotopic (exact) mass is 447 g/mol. The van der Waals surface area contributed by atoms with Crippen molar-refractivity contribution >= 4 is 33.4 Å². The average molecular weight is 448 g/mol. The van der Waals surface area contributed by atoms with Crippen LogP contribution in [0.1, 0.15) is 31.2 Å². The van der Waals surface area contributed by atoms with Crippen molar-refractivity contribution in [1.29, 1.82) is 0 Å². The smallest absolute Gasteiger partial charge is 0.326 e. The number of rotatable bonds is 4. The van der Waals surface area contributed by atoms with Gasteiger partial charge in [-0.3, -0.25) is 0 Å². The van der Waals surface area contributed by atoms with Crippen LogP contribution in [0.15, 0.2) is 18.5 Å². The van der Waals surface area contributed by atoms with Crippen LogP contribution >= 0.6 is 0 Å². The van der Waals surface area contributed by atoms with E-state index in [1.165, 1.54) is 6.07 Å². The van der Waals surface area contributed by atoms with Crippen molar-refractivity contribution in [3.63, 3.8) is 0 Å². The highest BCUT2D eigenvalue weighted by Gasteiger charge is 2.44. The van der Waals surface area contributed by atoms with Crippen molar-refractivity contribution in [1.82, 2.24) is 24.9 Å². The van der Waals surface area contributed by atoms with E-state index in [2.05, 4.69) is 37.1 Å². The minimum Gasteiger partial charge on any atom is -0.421 e. The molecule has 1 saturated carbocycles. The zero-order valence-corrected chi connectivity index (χ0v) is 19.1. The van der Waals surface area contributed by atoms with E-state index in [0.717, 1.165) is 41.5 Å². The minimum absolute atomic E-state index is 0.219. The summed E-state index contributed by atoms with van der Waals surface area (Å²) in [4.78, 5) is 23.7. The van der Waals surface area contributed by atoms with Crippen LogP contribution in [0, 0.1) is 31.5 Å². The van der Waals surface area contributed by atoms with Gasteiger partial charge in [0.1, 0.15) is 23.1 Å². The summed E-state index contributed by atoms with van der Waals surface area (Å²) in [6.07, 6.45) is 5.51. The van der Waals surface area contributed by atoms with Crippen LogP contribution in [0.5, 0.6) is 11.8 Å². The molecule has 3 aromatic heterocycles. The first-order chi connectivity index (χ1) is 15.9. The molecule has 1 aromatic carbocycles. The second-order valence-electron chi connectivity index (χ2n) is 9.29. The molecule has 4 heterocycles. The third-order valence-corrected chi connectivity index (χ3v) is 7.29. The second kappa shape index (κ2) is 7.26. The van der Waals surface area contributed by atoms with Crippen molar-refractivity contribution in [2.45, 2.75) is 39.7 Å². The first-order valence-corrected chi connectivity index (χ1v) is 11.4. The molecule has 2 bridgehead atoms. The minimum atomic E-state index is -0.257. The number of nitrogens with one attached hydrogen (secondary N) is 2. The summed E-state index contributed by atoms with van der Waals surface area (Å²) in [6, 6.07) is 2.15. The van der Waals surface area contributed by atoms with Gasteiger partial charge in [-0.1, -0.05) is 6.92 Å². The van der Waals surface area contributed by atoms with Crippen LogP contribution in [0.2, 0.25) is 0 Å². The highest BCUT2D eigenvalue weighted by molar-refractivity contribution is 6.16. The van der Waals surface area contributed by atoms with Gasteiger partial charge in [-0.2, -0.15) is 9.97 Å². The highest BCUT2D eigenvalue weighted by Crippen LogP contribution is 2.47. The molecule has 1 unspecified atom stereocenters. The van der Waals surface area contributed by atoms with Gasteiger partial charge in [0.15, 0.2) is 5.75 Å². The molecule has 3 atom stereocenters. The molecule has 0 radical (unpaired) electrons. The standard InChI is InChI=1S/C24H26FN7O/c1-11-5-15-6-14(11)10-32(15)23-20-19-12(2)17(25)7-18(26-4)21(19)29-22(20)30-24(31-23)33-16-8-27-13(3)28-9-16/h7-9,11,14-15,26H,5-6,10H2,1-4H3,(H,29,30,31)/t11-,14?,15+/m1/s1. The summed E-state index contributed by atoms with van der Waals surface area (Å²) in [5, 5.41) is 4.75. The number of piperidine rings is 1. The Morgan fingerprint density at radius 3 is 2.61 bits per heavy atom. The maximum absolute atomic E-state index is 14.9. The normalized spacial score (nSPS) is 22.0. The molecule has 2 fully saturated rings. The van der Waals surface area contributed by atoms with E-state index in [0.29, 0.717) is 46.3 Å². The third kappa shape index (κ3) is 3.09. The third-order valence-electron chi connectivity index (χ3n) is 7.29. The van der Waals surface area contributed by atoms with Gasteiger partial charge in [-0.05, 0) is 50.2 Å². The fourth-order valence-corrected chi connectivity index (χ4v) is 5.52. The molecule has 0 spiro atoms.